The number of nitrogens with zero attached hydrogens (tertiary/aromatic N) is 2. The van der Waals surface area contributed by atoms with Gasteiger partial charge in [-0.2, -0.15) is 5.10 Å². The molecule has 3 aromatic rings. The average Bonchev–Trinajstić information content (AvgIpc) is 2.96. The van der Waals surface area contributed by atoms with E-state index in [0.29, 0.717) is 5.69 Å². The summed E-state index contributed by atoms with van der Waals surface area (Å²) in [5.41, 5.74) is 8.31. The highest BCUT2D eigenvalue weighted by Crippen LogP contribution is 2.28. The number of hydrogen-bond acceptors (Lipinski definition) is 3. The molecule has 0 aliphatic heterocycles. The highest BCUT2D eigenvalue weighted by Gasteiger charge is 2.13. The van der Waals surface area contributed by atoms with Gasteiger partial charge in [-0.25, -0.2) is 10.2 Å². The molecule has 6 heteroatoms. The van der Waals surface area contributed by atoms with E-state index < -0.39 is 6.03 Å². The normalized spacial score (nSPS) is 10.9. The lowest BCUT2D eigenvalue weighted by atomic mass is 10.2. The Kier molecular flexibility index (Phi) is 5.79. The number of carbonyl (C=O) groups is 1. The minimum Gasteiger partial charge on any atom is -0.495 e. The van der Waals surface area contributed by atoms with Gasteiger partial charge in [0.05, 0.1) is 19.0 Å². The zero-order valence-corrected chi connectivity index (χ0v) is 16.5. The van der Waals surface area contributed by atoms with Crippen LogP contribution in [0.5, 0.6) is 5.75 Å². The zero-order valence-electron chi connectivity index (χ0n) is 16.5. The highest BCUT2D eigenvalue weighted by atomic mass is 16.5. The minimum absolute atomic E-state index is 0.392. The number of nitrogens with one attached hydrogen (secondary N) is 2. The number of methoxy groups -OCH3 is 1. The molecule has 0 aliphatic rings. The zero-order chi connectivity index (χ0) is 20.1. The van der Waals surface area contributed by atoms with Crippen LogP contribution < -0.4 is 15.5 Å². The first kappa shape index (κ1) is 19.2. The minimum atomic E-state index is -0.392. The molecule has 2 aromatic carbocycles. The van der Waals surface area contributed by atoms with Crippen molar-refractivity contribution in [2.75, 3.05) is 12.4 Å². The van der Waals surface area contributed by atoms with E-state index in [4.69, 9.17) is 4.74 Å². The molecule has 0 spiro atoms. The number of ether oxygens (including phenoxy) is 1. The number of amides is 2. The summed E-state index contributed by atoms with van der Waals surface area (Å²) in [6, 6.07) is 16.9. The van der Waals surface area contributed by atoms with Crippen molar-refractivity contribution in [2.45, 2.75) is 20.8 Å². The second kappa shape index (κ2) is 8.43. The molecule has 1 heterocycles. The van der Waals surface area contributed by atoms with Gasteiger partial charge in [-0.15, -0.1) is 0 Å². The Morgan fingerprint density at radius 2 is 1.82 bits per heavy atom. The van der Waals surface area contributed by atoms with Gasteiger partial charge in [0, 0.05) is 22.6 Å². The number of aromatic nitrogens is 1. The van der Waals surface area contributed by atoms with Crippen LogP contribution >= 0.6 is 0 Å². The highest BCUT2D eigenvalue weighted by molar-refractivity contribution is 5.90. The van der Waals surface area contributed by atoms with Gasteiger partial charge in [0.1, 0.15) is 5.75 Å². The summed E-state index contributed by atoms with van der Waals surface area (Å²) in [7, 11) is 1.67. The third-order valence-electron chi connectivity index (χ3n) is 4.45. The van der Waals surface area contributed by atoms with E-state index in [2.05, 4.69) is 33.4 Å². The molecule has 2 N–H and O–H groups in total. The molecule has 28 heavy (non-hydrogen) atoms. The fraction of sp³-hybridized carbons (Fsp3) is 0.182. The second-order valence-corrected chi connectivity index (χ2v) is 6.53. The molecule has 3 rings (SSSR count). The van der Waals surface area contributed by atoms with Gasteiger partial charge >= 0.3 is 6.03 Å². The monoisotopic (exact) mass is 376 g/mol. The third kappa shape index (κ3) is 4.23. The smallest absolute Gasteiger partial charge is 0.339 e. The molecule has 0 saturated carbocycles. The van der Waals surface area contributed by atoms with E-state index in [-0.39, 0.29) is 0 Å². The van der Waals surface area contributed by atoms with Gasteiger partial charge in [0.2, 0.25) is 0 Å². The number of rotatable bonds is 5. The number of hydrazone groups is 1. The van der Waals surface area contributed by atoms with E-state index >= 15 is 0 Å². The van der Waals surface area contributed by atoms with Crippen molar-refractivity contribution in [3.05, 3.63) is 77.1 Å². The third-order valence-corrected chi connectivity index (χ3v) is 4.45. The first-order valence-electron chi connectivity index (χ1n) is 8.98. The van der Waals surface area contributed by atoms with Gasteiger partial charge in [-0.1, -0.05) is 24.3 Å². The number of urea groups is 1. The maximum absolute atomic E-state index is 11.9. The maximum Gasteiger partial charge on any atom is 0.339 e. The Morgan fingerprint density at radius 3 is 2.54 bits per heavy atom. The van der Waals surface area contributed by atoms with Crippen LogP contribution in [0.3, 0.4) is 0 Å². The fourth-order valence-corrected chi connectivity index (χ4v) is 3.10. The largest absolute Gasteiger partial charge is 0.495 e. The Hall–Kier alpha value is -3.54. The lowest BCUT2D eigenvalue weighted by molar-refractivity contribution is 0.252. The van der Waals surface area contributed by atoms with Crippen LogP contribution in [0.4, 0.5) is 10.5 Å². The van der Waals surface area contributed by atoms with Gasteiger partial charge in [0.15, 0.2) is 0 Å². The summed E-state index contributed by atoms with van der Waals surface area (Å²) < 4.78 is 7.65. The number of anilines is 1. The van der Waals surface area contributed by atoms with Crippen LogP contribution in [0, 0.1) is 20.8 Å². The van der Waals surface area contributed by atoms with Gasteiger partial charge < -0.3 is 14.6 Å². The number of para-hydroxylation sites is 1. The first-order valence-corrected chi connectivity index (χ1v) is 8.98. The average molecular weight is 376 g/mol. The van der Waals surface area contributed by atoms with Crippen LogP contribution in [0.25, 0.3) is 5.69 Å². The second-order valence-electron chi connectivity index (χ2n) is 6.53. The predicted octanol–water partition coefficient (Wildman–Crippen LogP) is 4.57. The topological polar surface area (TPSA) is 67.6 Å². The number of carbonyl (C=O) groups excluding carboxylic acids is 1. The Labute approximate surface area is 164 Å². The lowest BCUT2D eigenvalue weighted by Gasteiger charge is -2.14. The predicted molar refractivity (Wildman–Crippen MR) is 113 cm³/mol. The van der Waals surface area contributed by atoms with Crippen molar-refractivity contribution in [3.8, 4) is 11.4 Å². The maximum atomic E-state index is 11.9. The van der Waals surface area contributed by atoms with Crippen LogP contribution in [0.1, 0.15) is 22.5 Å². The molecular formula is C22H24N4O2. The van der Waals surface area contributed by atoms with Crippen molar-refractivity contribution >= 4 is 17.9 Å². The van der Waals surface area contributed by atoms with Crippen molar-refractivity contribution < 1.29 is 9.53 Å². The molecule has 0 fully saturated rings. The molecule has 0 aliphatic carbocycles. The molecule has 144 valence electrons. The molecule has 0 unspecified atom stereocenters. The van der Waals surface area contributed by atoms with Crippen LogP contribution in [0.2, 0.25) is 0 Å². The van der Waals surface area contributed by atoms with Crippen LogP contribution in [-0.2, 0) is 0 Å². The fourth-order valence-electron chi connectivity index (χ4n) is 3.10. The van der Waals surface area contributed by atoms with E-state index in [1.54, 1.807) is 13.3 Å². The Morgan fingerprint density at radius 1 is 1.07 bits per heavy atom. The van der Waals surface area contributed by atoms with Gasteiger partial charge in [0.25, 0.3) is 0 Å². The van der Waals surface area contributed by atoms with Gasteiger partial charge in [-0.05, 0) is 56.7 Å². The summed E-state index contributed by atoms with van der Waals surface area (Å²) in [5.74, 6) is 0.802. The summed E-state index contributed by atoms with van der Waals surface area (Å²) in [6.07, 6.45) is 1.64. The van der Waals surface area contributed by atoms with Crippen LogP contribution in [-0.4, -0.2) is 23.9 Å². The number of hydrogen-bond donors (Lipinski definition) is 2. The Balaban J connectivity index is 1.78. The summed E-state index contributed by atoms with van der Waals surface area (Å²) in [6.45, 7) is 6.09. The molecule has 1 aromatic heterocycles. The first-order chi connectivity index (χ1) is 13.5. The molecule has 0 bridgehead atoms. The van der Waals surface area contributed by atoms with Crippen molar-refractivity contribution in [1.82, 2.24) is 9.99 Å². The standard InChI is InChI=1S/C22H24N4O2/c1-15-10-11-21(28-4)20(12-15)26-16(2)13-18(17(26)3)14-23-25-22(27)24-19-8-6-5-7-9-19/h5-14H,1-4H3,(H2,24,25,27)/b23-14+. The summed E-state index contributed by atoms with van der Waals surface area (Å²) in [4.78, 5) is 11.9. The molecule has 0 saturated heterocycles. The van der Waals surface area contributed by atoms with Crippen molar-refractivity contribution in [1.29, 1.82) is 0 Å². The van der Waals surface area contributed by atoms with Gasteiger partial charge in [-0.3, -0.25) is 0 Å². The van der Waals surface area contributed by atoms with Crippen molar-refractivity contribution in [3.63, 3.8) is 0 Å². The molecular weight excluding hydrogens is 352 g/mol. The number of benzene rings is 2. The van der Waals surface area contributed by atoms with E-state index in [0.717, 1.165) is 34.0 Å². The molecule has 6 nitrogen and oxygen atoms in total. The lowest BCUT2D eigenvalue weighted by Crippen LogP contribution is -2.24. The summed E-state index contributed by atoms with van der Waals surface area (Å²) >= 11 is 0. The van der Waals surface area contributed by atoms with E-state index in [9.17, 15) is 4.79 Å². The summed E-state index contributed by atoms with van der Waals surface area (Å²) in [5, 5.41) is 6.80. The molecule has 0 radical (unpaired) electrons. The molecule has 0 atom stereocenters. The number of aryl methyl sites for hydroxylation is 2. The van der Waals surface area contributed by atoms with Crippen molar-refractivity contribution in [2.24, 2.45) is 5.10 Å². The molecule has 2 amide bonds. The SMILES string of the molecule is COc1ccc(C)cc1-n1c(C)cc(/C=N/NC(=O)Nc2ccccc2)c1C. The van der Waals surface area contributed by atoms with Crippen LogP contribution in [0.15, 0.2) is 59.7 Å². The van der Waals surface area contributed by atoms with E-state index in [1.807, 2.05) is 62.4 Å². The van der Waals surface area contributed by atoms with E-state index in [1.165, 1.54) is 0 Å². The quantitative estimate of drug-likeness (QED) is 0.506. The Bertz CT molecular complexity index is 1010.